The van der Waals surface area contributed by atoms with Gasteiger partial charge in [-0.05, 0) is 24.6 Å². The lowest BCUT2D eigenvalue weighted by Crippen LogP contribution is -1.98. The molecule has 0 fully saturated rings. The molecular formula is C9H9FN2O. The van der Waals surface area contributed by atoms with Gasteiger partial charge in [0.15, 0.2) is 5.82 Å². The summed E-state index contributed by atoms with van der Waals surface area (Å²) >= 11 is 0. The molecule has 0 saturated carbocycles. The minimum Gasteiger partial charge on any atom is -0.479 e. The van der Waals surface area contributed by atoms with Crippen molar-refractivity contribution in [2.75, 3.05) is 7.11 Å². The molecule has 2 rings (SSSR count). The zero-order chi connectivity index (χ0) is 9.42. The van der Waals surface area contributed by atoms with Gasteiger partial charge in [0.05, 0.1) is 18.8 Å². The first-order valence-electron chi connectivity index (χ1n) is 3.91. The minimum absolute atomic E-state index is 0.144. The van der Waals surface area contributed by atoms with E-state index in [1.54, 1.807) is 12.3 Å². The second-order valence-corrected chi connectivity index (χ2v) is 2.82. The van der Waals surface area contributed by atoms with Gasteiger partial charge in [-0.15, -0.1) is 0 Å². The van der Waals surface area contributed by atoms with Crippen LogP contribution in [0.4, 0.5) is 4.39 Å². The zero-order valence-electron chi connectivity index (χ0n) is 7.41. The van der Waals surface area contributed by atoms with Gasteiger partial charge in [-0.2, -0.15) is 9.61 Å². The van der Waals surface area contributed by atoms with Crippen molar-refractivity contribution >= 4 is 5.52 Å². The highest BCUT2D eigenvalue weighted by atomic mass is 19.1. The fourth-order valence-corrected chi connectivity index (χ4v) is 1.31. The Morgan fingerprint density at radius 2 is 2.23 bits per heavy atom. The van der Waals surface area contributed by atoms with Gasteiger partial charge in [0.2, 0.25) is 0 Å². The second kappa shape index (κ2) is 2.73. The summed E-state index contributed by atoms with van der Waals surface area (Å²) in [7, 11) is 1.43. The molecule has 0 radical (unpaired) electrons. The van der Waals surface area contributed by atoms with Gasteiger partial charge in [0.25, 0.3) is 5.88 Å². The summed E-state index contributed by atoms with van der Waals surface area (Å²) in [4.78, 5) is 0. The first-order valence-corrected chi connectivity index (χ1v) is 3.91. The van der Waals surface area contributed by atoms with Gasteiger partial charge in [0.1, 0.15) is 0 Å². The Hall–Kier alpha value is -1.58. The van der Waals surface area contributed by atoms with Crippen LogP contribution in [0.15, 0.2) is 18.3 Å². The number of hydrogen-bond acceptors (Lipinski definition) is 2. The Bertz CT molecular complexity index is 450. The van der Waals surface area contributed by atoms with Crippen LogP contribution in [-0.4, -0.2) is 16.7 Å². The van der Waals surface area contributed by atoms with Crippen molar-refractivity contribution in [3.63, 3.8) is 0 Å². The Kier molecular flexibility index (Phi) is 1.69. The number of aryl methyl sites for hydroxylation is 1. The lowest BCUT2D eigenvalue weighted by molar-refractivity contribution is 0.357. The summed E-state index contributed by atoms with van der Waals surface area (Å²) in [6, 6.07) is 3.06. The van der Waals surface area contributed by atoms with E-state index in [2.05, 4.69) is 5.10 Å². The molecule has 0 aromatic carbocycles. The molecule has 2 heterocycles. The third-order valence-corrected chi connectivity index (χ3v) is 1.98. The molecule has 4 heteroatoms. The van der Waals surface area contributed by atoms with E-state index in [1.807, 2.05) is 6.92 Å². The number of methoxy groups -OCH3 is 1. The molecule has 0 amide bonds. The van der Waals surface area contributed by atoms with Crippen molar-refractivity contribution < 1.29 is 9.13 Å². The first-order chi connectivity index (χ1) is 6.24. The molecule has 0 N–H and O–H groups in total. The molecule has 0 spiro atoms. The van der Waals surface area contributed by atoms with Crippen LogP contribution < -0.4 is 4.74 Å². The van der Waals surface area contributed by atoms with Crippen LogP contribution in [0.1, 0.15) is 5.56 Å². The summed E-state index contributed by atoms with van der Waals surface area (Å²) < 4.78 is 19.5. The molecule has 68 valence electrons. The van der Waals surface area contributed by atoms with Crippen molar-refractivity contribution in [3.8, 4) is 5.88 Å². The lowest BCUT2D eigenvalue weighted by Gasteiger charge is -2.03. The molecular weight excluding hydrogens is 171 g/mol. The normalized spacial score (nSPS) is 10.7. The second-order valence-electron chi connectivity index (χ2n) is 2.82. The lowest BCUT2D eigenvalue weighted by atomic mass is 10.3. The molecule has 0 aliphatic rings. The molecule has 3 nitrogen and oxygen atoms in total. The van der Waals surface area contributed by atoms with Crippen LogP contribution in [0, 0.1) is 12.7 Å². The standard InChI is InChI=1S/C9H9FN2O/c1-6-5-11-12-8(6)4-3-7(10)9(12)13-2/h3-5H,1-2H3. The van der Waals surface area contributed by atoms with Gasteiger partial charge >= 0.3 is 0 Å². The van der Waals surface area contributed by atoms with Crippen LogP contribution in [0.5, 0.6) is 5.88 Å². The van der Waals surface area contributed by atoms with E-state index in [0.717, 1.165) is 11.1 Å². The Morgan fingerprint density at radius 1 is 1.46 bits per heavy atom. The van der Waals surface area contributed by atoms with Crippen molar-refractivity contribution in [1.29, 1.82) is 0 Å². The molecule has 2 aromatic heterocycles. The van der Waals surface area contributed by atoms with E-state index in [1.165, 1.54) is 17.7 Å². The molecule has 0 aliphatic carbocycles. The van der Waals surface area contributed by atoms with Crippen LogP contribution >= 0.6 is 0 Å². The number of pyridine rings is 1. The van der Waals surface area contributed by atoms with Gasteiger partial charge in [-0.25, -0.2) is 4.39 Å². The number of fused-ring (bicyclic) bond motifs is 1. The quantitative estimate of drug-likeness (QED) is 0.668. The highest BCUT2D eigenvalue weighted by Gasteiger charge is 2.09. The number of hydrogen-bond donors (Lipinski definition) is 0. The van der Waals surface area contributed by atoms with E-state index in [-0.39, 0.29) is 5.88 Å². The minimum atomic E-state index is -0.405. The average Bonchev–Trinajstić information content (AvgIpc) is 2.48. The molecule has 0 aliphatic heterocycles. The van der Waals surface area contributed by atoms with Gasteiger partial charge < -0.3 is 4.74 Å². The molecule has 0 bridgehead atoms. The summed E-state index contributed by atoms with van der Waals surface area (Å²) in [5.74, 6) is -0.260. The molecule has 0 atom stereocenters. The van der Waals surface area contributed by atoms with Gasteiger partial charge in [0, 0.05) is 0 Å². The number of nitrogens with zero attached hydrogens (tertiary/aromatic N) is 2. The molecule has 0 saturated heterocycles. The van der Waals surface area contributed by atoms with E-state index < -0.39 is 5.82 Å². The Morgan fingerprint density at radius 3 is 2.92 bits per heavy atom. The number of halogens is 1. The predicted molar refractivity (Wildman–Crippen MR) is 46.4 cm³/mol. The maximum Gasteiger partial charge on any atom is 0.251 e. The van der Waals surface area contributed by atoms with Crippen molar-refractivity contribution in [3.05, 3.63) is 29.7 Å². The van der Waals surface area contributed by atoms with Crippen molar-refractivity contribution in [2.45, 2.75) is 6.92 Å². The smallest absolute Gasteiger partial charge is 0.251 e. The average molecular weight is 180 g/mol. The summed E-state index contributed by atoms with van der Waals surface area (Å²) in [5.41, 5.74) is 1.86. The van der Waals surface area contributed by atoms with Gasteiger partial charge in [-0.3, -0.25) is 0 Å². The third-order valence-electron chi connectivity index (χ3n) is 1.98. The van der Waals surface area contributed by atoms with Crippen molar-refractivity contribution in [1.82, 2.24) is 9.61 Å². The van der Waals surface area contributed by atoms with Crippen molar-refractivity contribution in [2.24, 2.45) is 0 Å². The van der Waals surface area contributed by atoms with Crippen LogP contribution in [0.2, 0.25) is 0 Å². The van der Waals surface area contributed by atoms with Crippen LogP contribution in [0.25, 0.3) is 5.52 Å². The number of ether oxygens (including phenoxy) is 1. The topological polar surface area (TPSA) is 26.5 Å². The summed E-state index contributed by atoms with van der Waals surface area (Å²) in [6.07, 6.45) is 1.68. The SMILES string of the molecule is COc1c(F)ccc2c(C)cnn12. The number of rotatable bonds is 1. The maximum absolute atomic E-state index is 13.1. The molecule has 2 aromatic rings. The zero-order valence-corrected chi connectivity index (χ0v) is 7.41. The first kappa shape index (κ1) is 8.04. The predicted octanol–water partition coefficient (Wildman–Crippen LogP) is 1.79. The molecule has 13 heavy (non-hydrogen) atoms. The van der Waals surface area contributed by atoms with Gasteiger partial charge in [-0.1, -0.05) is 0 Å². The fourth-order valence-electron chi connectivity index (χ4n) is 1.31. The third kappa shape index (κ3) is 1.06. The number of aromatic nitrogens is 2. The summed E-state index contributed by atoms with van der Waals surface area (Å²) in [6.45, 7) is 1.92. The molecule has 0 unspecified atom stereocenters. The highest BCUT2D eigenvalue weighted by molar-refractivity contribution is 5.54. The monoisotopic (exact) mass is 180 g/mol. The highest BCUT2D eigenvalue weighted by Crippen LogP contribution is 2.20. The maximum atomic E-state index is 13.1. The Balaban J connectivity index is 2.85. The van der Waals surface area contributed by atoms with E-state index >= 15 is 0 Å². The van der Waals surface area contributed by atoms with E-state index in [4.69, 9.17) is 4.74 Å². The Labute approximate surface area is 74.7 Å². The summed E-state index contributed by atoms with van der Waals surface area (Å²) in [5, 5.41) is 4.00. The fraction of sp³-hybridized carbons (Fsp3) is 0.222. The van der Waals surface area contributed by atoms with Crippen LogP contribution in [0.3, 0.4) is 0 Å². The van der Waals surface area contributed by atoms with Crippen LogP contribution in [-0.2, 0) is 0 Å². The largest absolute Gasteiger partial charge is 0.479 e. The van der Waals surface area contributed by atoms with E-state index in [9.17, 15) is 4.39 Å². The van der Waals surface area contributed by atoms with E-state index in [0.29, 0.717) is 0 Å².